The number of morpholine rings is 1. The summed E-state index contributed by atoms with van der Waals surface area (Å²) in [6.45, 7) is 18.6. The van der Waals surface area contributed by atoms with Gasteiger partial charge in [-0.15, -0.1) is 0 Å². The van der Waals surface area contributed by atoms with E-state index in [1.807, 2.05) is 46.2 Å². The van der Waals surface area contributed by atoms with Gasteiger partial charge >= 0.3 is 5.97 Å². The van der Waals surface area contributed by atoms with E-state index in [2.05, 4.69) is 51.7 Å². The van der Waals surface area contributed by atoms with Gasteiger partial charge in [0.15, 0.2) is 6.10 Å². The summed E-state index contributed by atoms with van der Waals surface area (Å²) in [5, 5.41) is 10.5. The van der Waals surface area contributed by atoms with Gasteiger partial charge in [0, 0.05) is 68.5 Å². The number of aliphatic carboxylic acids is 1. The number of aryl methyl sites for hydroxylation is 1. The van der Waals surface area contributed by atoms with Gasteiger partial charge in [-0.3, -0.25) is 4.98 Å². The molecule has 3 aliphatic rings. The smallest absolute Gasteiger partial charge is 0.337 e. The molecule has 246 valence electrons. The van der Waals surface area contributed by atoms with Crippen LogP contribution in [0.3, 0.4) is 0 Å². The van der Waals surface area contributed by atoms with Crippen LogP contribution in [-0.4, -0.2) is 77.6 Å². The summed E-state index contributed by atoms with van der Waals surface area (Å²) in [7, 11) is 0. The summed E-state index contributed by atoms with van der Waals surface area (Å²) >= 11 is 0. The van der Waals surface area contributed by atoms with Crippen molar-refractivity contribution < 1.29 is 19.4 Å². The van der Waals surface area contributed by atoms with Crippen LogP contribution in [0.2, 0.25) is 0 Å². The third-order valence-electron chi connectivity index (χ3n) is 9.45. The highest BCUT2D eigenvalue weighted by molar-refractivity contribution is 5.86. The molecule has 0 spiro atoms. The number of aromatic nitrogens is 3. The highest BCUT2D eigenvalue weighted by Crippen LogP contribution is 2.44. The third kappa shape index (κ3) is 6.98. The highest BCUT2D eigenvalue weighted by atomic mass is 16.5. The number of hydrogen-bond donors (Lipinski definition) is 1. The van der Waals surface area contributed by atoms with Crippen molar-refractivity contribution in [3.8, 4) is 11.1 Å². The maximum Gasteiger partial charge on any atom is 0.337 e. The van der Waals surface area contributed by atoms with Crippen molar-refractivity contribution in [1.29, 1.82) is 0 Å². The molecule has 46 heavy (non-hydrogen) atoms. The first-order valence-electron chi connectivity index (χ1n) is 16.6. The molecule has 0 bridgehead atoms. The molecular formula is C36H48N6O4. The Bertz CT molecular complexity index is 1570. The van der Waals surface area contributed by atoms with Crippen molar-refractivity contribution >= 4 is 23.4 Å². The maximum atomic E-state index is 12.8. The summed E-state index contributed by atoms with van der Waals surface area (Å²) < 4.78 is 11.7. The molecule has 2 fully saturated rings. The van der Waals surface area contributed by atoms with E-state index in [9.17, 15) is 9.90 Å². The van der Waals surface area contributed by atoms with E-state index < -0.39 is 17.7 Å². The molecule has 3 aliphatic heterocycles. The Labute approximate surface area is 272 Å². The van der Waals surface area contributed by atoms with E-state index in [0.29, 0.717) is 11.3 Å². The fourth-order valence-corrected chi connectivity index (χ4v) is 6.75. The van der Waals surface area contributed by atoms with Gasteiger partial charge < -0.3 is 29.3 Å². The highest BCUT2D eigenvalue weighted by Gasteiger charge is 2.36. The lowest BCUT2D eigenvalue weighted by atomic mass is 9.82. The molecule has 2 saturated heterocycles. The molecule has 0 radical (unpaired) electrons. The second-order valence-electron chi connectivity index (χ2n) is 14.6. The Morgan fingerprint density at radius 2 is 1.72 bits per heavy atom. The number of hydrogen-bond acceptors (Lipinski definition) is 9. The molecule has 1 aromatic carbocycles. The summed E-state index contributed by atoms with van der Waals surface area (Å²) in [5.41, 5.74) is 6.41. The Balaban J connectivity index is 1.34. The molecule has 0 amide bonds. The zero-order chi connectivity index (χ0) is 32.6. The predicted octanol–water partition coefficient (Wildman–Crippen LogP) is 5.81. The molecule has 2 aromatic heterocycles. The number of anilines is 3. The lowest BCUT2D eigenvalue weighted by Gasteiger charge is -2.41. The molecule has 10 nitrogen and oxygen atoms in total. The van der Waals surface area contributed by atoms with Gasteiger partial charge in [-0.2, -0.15) is 4.98 Å². The molecule has 10 heteroatoms. The van der Waals surface area contributed by atoms with Crippen LogP contribution in [0, 0.1) is 12.3 Å². The van der Waals surface area contributed by atoms with Crippen LogP contribution in [0.5, 0.6) is 0 Å². The number of carboxylic acids is 1. The number of piperidine rings is 1. The number of rotatable bonds is 7. The van der Waals surface area contributed by atoms with Gasteiger partial charge in [-0.05, 0) is 75.1 Å². The van der Waals surface area contributed by atoms with E-state index in [-0.39, 0.29) is 5.41 Å². The van der Waals surface area contributed by atoms with Crippen LogP contribution < -0.4 is 14.7 Å². The Morgan fingerprint density at radius 3 is 2.41 bits per heavy atom. The van der Waals surface area contributed by atoms with Crippen molar-refractivity contribution in [3.05, 3.63) is 59.0 Å². The van der Waals surface area contributed by atoms with E-state index in [4.69, 9.17) is 19.4 Å². The first-order chi connectivity index (χ1) is 21.9. The van der Waals surface area contributed by atoms with Gasteiger partial charge in [0.25, 0.3) is 0 Å². The largest absolute Gasteiger partial charge is 0.479 e. The van der Waals surface area contributed by atoms with Crippen molar-refractivity contribution in [1.82, 2.24) is 15.0 Å². The first kappa shape index (κ1) is 32.2. The van der Waals surface area contributed by atoms with Crippen LogP contribution in [-0.2, 0) is 27.2 Å². The minimum absolute atomic E-state index is 0.246. The van der Waals surface area contributed by atoms with Gasteiger partial charge in [0.1, 0.15) is 5.82 Å². The SMILES string of the molecule is Cc1ncc(-c2ccc3c(c2)CCN(c2nccc(N4CCOCC4)n2)C3)c(N2CCC(C)(C)CC2)c1[C@H](OC(C)(C)C)C(=O)O. The third-order valence-corrected chi connectivity index (χ3v) is 9.45. The van der Waals surface area contributed by atoms with E-state index in [1.54, 1.807) is 0 Å². The number of carboxylic acid groups (broad SMARTS) is 1. The molecule has 5 heterocycles. The van der Waals surface area contributed by atoms with E-state index >= 15 is 0 Å². The molecule has 0 aliphatic carbocycles. The average molecular weight is 629 g/mol. The zero-order valence-corrected chi connectivity index (χ0v) is 28.2. The van der Waals surface area contributed by atoms with Crippen LogP contribution in [0.15, 0.2) is 36.7 Å². The molecule has 6 rings (SSSR count). The normalized spacial score (nSPS) is 19.1. The molecule has 3 aromatic rings. The van der Waals surface area contributed by atoms with Crippen LogP contribution in [0.25, 0.3) is 11.1 Å². The fraction of sp³-hybridized carbons (Fsp3) is 0.556. The quantitative estimate of drug-likeness (QED) is 0.345. The van der Waals surface area contributed by atoms with Crippen molar-refractivity contribution in [2.75, 3.05) is 60.6 Å². The van der Waals surface area contributed by atoms with Crippen LogP contribution in [0.1, 0.15) is 75.9 Å². The molecule has 0 saturated carbocycles. The van der Waals surface area contributed by atoms with Crippen molar-refractivity contribution in [3.63, 3.8) is 0 Å². The summed E-state index contributed by atoms with van der Waals surface area (Å²) in [6.07, 6.45) is 5.56. The van der Waals surface area contributed by atoms with E-state index in [0.717, 1.165) is 100 Å². The predicted molar refractivity (Wildman–Crippen MR) is 181 cm³/mol. The Hall–Kier alpha value is -3.76. The molecule has 1 N–H and O–H groups in total. The minimum Gasteiger partial charge on any atom is -0.479 e. The van der Waals surface area contributed by atoms with Gasteiger partial charge in [0.2, 0.25) is 5.95 Å². The summed E-state index contributed by atoms with van der Waals surface area (Å²) in [5.74, 6) is 0.696. The number of fused-ring (bicyclic) bond motifs is 1. The number of ether oxygens (including phenoxy) is 2. The second-order valence-corrected chi connectivity index (χ2v) is 14.6. The van der Waals surface area contributed by atoms with Crippen LogP contribution >= 0.6 is 0 Å². The van der Waals surface area contributed by atoms with Crippen LogP contribution in [0.4, 0.5) is 17.5 Å². The Kier molecular flexibility index (Phi) is 8.95. The monoisotopic (exact) mass is 628 g/mol. The fourth-order valence-electron chi connectivity index (χ4n) is 6.75. The van der Waals surface area contributed by atoms with Gasteiger partial charge in [-0.1, -0.05) is 32.0 Å². The minimum atomic E-state index is -1.13. The summed E-state index contributed by atoms with van der Waals surface area (Å²) in [4.78, 5) is 34.0. The topological polar surface area (TPSA) is 104 Å². The average Bonchev–Trinajstić information content (AvgIpc) is 3.03. The molecule has 1 atom stereocenters. The van der Waals surface area contributed by atoms with Crippen molar-refractivity contribution in [2.45, 2.75) is 79.1 Å². The Morgan fingerprint density at radius 1 is 0.978 bits per heavy atom. The number of carbonyl (C=O) groups is 1. The number of benzene rings is 1. The lowest BCUT2D eigenvalue weighted by Crippen LogP contribution is -2.39. The number of pyridine rings is 1. The lowest BCUT2D eigenvalue weighted by molar-refractivity contribution is -0.160. The standard InChI is InChI=1S/C36H48N6O4/c1-24-30(32(33(43)44)46-35(2,3)4)31(41-15-11-36(5,6)12-16-41)28(22-38-24)26-7-8-27-23-42(14-10-25(27)21-26)34-37-13-9-29(39-34)40-17-19-45-20-18-40/h7-9,13,21-22,32H,10-12,14-20,23H2,1-6H3,(H,43,44)/t32-/m0/s1. The van der Waals surface area contributed by atoms with Gasteiger partial charge in [0.05, 0.1) is 24.5 Å². The molecular weight excluding hydrogens is 580 g/mol. The molecule has 0 unspecified atom stereocenters. The summed E-state index contributed by atoms with van der Waals surface area (Å²) in [6, 6.07) is 8.60. The maximum absolute atomic E-state index is 12.8. The number of nitrogens with zero attached hydrogens (tertiary/aromatic N) is 6. The first-order valence-corrected chi connectivity index (χ1v) is 16.6. The van der Waals surface area contributed by atoms with E-state index in [1.165, 1.54) is 11.1 Å². The second kappa shape index (κ2) is 12.8. The van der Waals surface area contributed by atoms with Gasteiger partial charge in [-0.25, -0.2) is 9.78 Å². The van der Waals surface area contributed by atoms with Crippen molar-refractivity contribution in [2.24, 2.45) is 5.41 Å². The zero-order valence-electron chi connectivity index (χ0n) is 28.2.